The van der Waals surface area contributed by atoms with Gasteiger partial charge in [0, 0.05) is 26.2 Å². The molecule has 1 fully saturated rings. The van der Waals surface area contributed by atoms with Gasteiger partial charge in [-0.2, -0.15) is 0 Å². The lowest BCUT2D eigenvalue weighted by Gasteiger charge is -2.26. The van der Waals surface area contributed by atoms with Crippen molar-refractivity contribution in [3.05, 3.63) is 59.9 Å². The van der Waals surface area contributed by atoms with Crippen LogP contribution in [0.1, 0.15) is 10.4 Å². The Bertz CT molecular complexity index is 950. The number of nitrogens with one attached hydrogen (secondary N) is 1. The summed E-state index contributed by atoms with van der Waals surface area (Å²) < 4.78 is 21.3. The highest BCUT2D eigenvalue weighted by molar-refractivity contribution is 6.04. The standard InChI is InChI=1S/C20H21FN4O2/c21-16-6-2-1-5-15(16)19(26)23-20-22-17-7-3-4-8-18(17)25(20)10-9-24-11-13-27-14-12-24/h1-8H,9-14H2,(H,22,23,26). The van der Waals surface area contributed by atoms with Crippen LogP contribution in [-0.4, -0.2) is 53.2 Å². The van der Waals surface area contributed by atoms with Crippen molar-refractivity contribution >= 4 is 22.9 Å². The van der Waals surface area contributed by atoms with Crippen molar-refractivity contribution in [2.75, 3.05) is 38.2 Å². The Balaban J connectivity index is 1.59. The summed E-state index contributed by atoms with van der Waals surface area (Å²) in [5.41, 5.74) is 1.74. The molecule has 1 N–H and O–H groups in total. The van der Waals surface area contributed by atoms with Gasteiger partial charge in [-0.1, -0.05) is 24.3 Å². The number of imidazole rings is 1. The number of hydrogen-bond donors (Lipinski definition) is 1. The number of nitrogens with zero attached hydrogens (tertiary/aromatic N) is 3. The van der Waals surface area contributed by atoms with Crippen LogP contribution >= 0.6 is 0 Å². The molecule has 1 aliphatic rings. The predicted molar refractivity (Wildman–Crippen MR) is 101 cm³/mol. The van der Waals surface area contributed by atoms with Crippen molar-refractivity contribution in [3.63, 3.8) is 0 Å². The Morgan fingerprint density at radius 1 is 1.07 bits per heavy atom. The number of aromatic nitrogens is 2. The number of amides is 1. The van der Waals surface area contributed by atoms with E-state index >= 15 is 0 Å². The highest BCUT2D eigenvalue weighted by atomic mass is 19.1. The lowest BCUT2D eigenvalue weighted by Crippen LogP contribution is -2.38. The largest absolute Gasteiger partial charge is 0.379 e. The maximum absolute atomic E-state index is 13.9. The molecule has 0 atom stereocenters. The molecule has 0 radical (unpaired) electrons. The molecule has 0 aliphatic carbocycles. The van der Waals surface area contributed by atoms with Crippen LogP contribution in [0.3, 0.4) is 0 Å². The fourth-order valence-corrected chi connectivity index (χ4v) is 3.28. The average Bonchev–Trinajstić information content (AvgIpc) is 3.04. The first-order chi connectivity index (χ1) is 13.2. The molecular weight excluding hydrogens is 347 g/mol. The SMILES string of the molecule is O=C(Nc1nc2ccccc2n1CCN1CCOCC1)c1ccccc1F. The van der Waals surface area contributed by atoms with Crippen LogP contribution in [0.25, 0.3) is 11.0 Å². The maximum atomic E-state index is 13.9. The smallest absolute Gasteiger partial charge is 0.260 e. The van der Waals surface area contributed by atoms with Crippen LogP contribution in [-0.2, 0) is 11.3 Å². The molecule has 27 heavy (non-hydrogen) atoms. The van der Waals surface area contributed by atoms with Gasteiger partial charge in [-0.05, 0) is 24.3 Å². The maximum Gasteiger partial charge on any atom is 0.260 e. The summed E-state index contributed by atoms with van der Waals surface area (Å²) in [5.74, 6) is -0.625. The Morgan fingerprint density at radius 3 is 2.63 bits per heavy atom. The molecule has 2 heterocycles. The van der Waals surface area contributed by atoms with Gasteiger partial charge in [0.15, 0.2) is 0 Å². The van der Waals surface area contributed by atoms with Gasteiger partial charge in [0.05, 0.1) is 29.8 Å². The second-order valence-corrected chi connectivity index (χ2v) is 6.46. The van der Waals surface area contributed by atoms with E-state index < -0.39 is 11.7 Å². The third kappa shape index (κ3) is 3.84. The molecule has 140 valence electrons. The minimum absolute atomic E-state index is 0.00397. The summed E-state index contributed by atoms with van der Waals surface area (Å²) in [5, 5.41) is 2.77. The third-order valence-electron chi connectivity index (χ3n) is 4.74. The lowest BCUT2D eigenvalue weighted by molar-refractivity contribution is 0.0366. The van der Waals surface area contributed by atoms with Gasteiger partial charge in [0.25, 0.3) is 5.91 Å². The van der Waals surface area contributed by atoms with Crippen molar-refractivity contribution in [1.82, 2.24) is 14.5 Å². The van der Waals surface area contributed by atoms with Gasteiger partial charge in [-0.3, -0.25) is 15.0 Å². The van der Waals surface area contributed by atoms with Crippen LogP contribution in [0.4, 0.5) is 10.3 Å². The number of ether oxygens (including phenoxy) is 1. The van der Waals surface area contributed by atoms with E-state index in [1.165, 1.54) is 12.1 Å². The Morgan fingerprint density at radius 2 is 1.81 bits per heavy atom. The zero-order valence-electron chi connectivity index (χ0n) is 14.9. The molecule has 1 saturated heterocycles. The quantitative estimate of drug-likeness (QED) is 0.752. The van der Waals surface area contributed by atoms with Crippen molar-refractivity contribution in [2.24, 2.45) is 0 Å². The number of morpholine rings is 1. The molecule has 0 saturated carbocycles. The number of carbonyl (C=O) groups excluding carboxylic acids is 1. The number of fused-ring (bicyclic) bond motifs is 1. The van der Waals surface area contributed by atoms with Crippen LogP contribution in [0.5, 0.6) is 0 Å². The third-order valence-corrected chi connectivity index (χ3v) is 4.74. The van der Waals surface area contributed by atoms with Crippen molar-refractivity contribution in [3.8, 4) is 0 Å². The monoisotopic (exact) mass is 368 g/mol. The van der Waals surface area contributed by atoms with Crippen LogP contribution in [0, 0.1) is 5.82 Å². The minimum atomic E-state index is -0.550. The first kappa shape index (κ1) is 17.6. The number of benzene rings is 2. The predicted octanol–water partition coefficient (Wildman–Crippen LogP) is 2.76. The molecule has 0 unspecified atom stereocenters. The van der Waals surface area contributed by atoms with Gasteiger partial charge in [-0.25, -0.2) is 9.37 Å². The highest BCUT2D eigenvalue weighted by Gasteiger charge is 2.18. The van der Waals surface area contributed by atoms with E-state index in [0.717, 1.165) is 43.9 Å². The lowest BCUT2D eigenvalue weighted by atomic mass is 10.2. The van der Waals surface area contributed by atoms with Crippen LogP contribution in [0.2, 0.25) is 0 Å². The van der Waals surface area contributed by atoms with Gasteiger partial charge < -0.3 is 9.30 Å². The van der Waals surface area contributed by atoms with E-state index in [9.17, 15) is 9.18 Å². The summed E-state index contributed by atoms with van der Waals surface area (Å²) in [7, 11) is 0. The number of halogens is 1. The van der Waals surface area contributed by atoms with E-state index in [1.54, 1.807) is 12.1 Å². The van der Waals surface area contributed by atoms with E-state index in [-0.39, 0.29) is 5.56 Å². The summed E-state index contributed by atoms with van der Waals surface area (Å²) >= 11 is 0. The molecular formula is C20H21FN4O2. The molecule has 7 heteroatoms. The van der Waals surface area contributed by atoms with Gasteiger partial charge in [0.1, 0.15) is 5.82 Å². The zero-order chi connectivity index (χ0) is 18.6. The molecule has 6 nitrogen and oxygen atoms in total. The molecule has 2 aromatic carbocycles. The molecule has 1 amide bonds. The molecule has 0 spiro atoms. The number of carbonyl (C=O) groups is 1. The average molecular weight is 368 g/mol. The Labute approximate surface area is 156 Å². The summed E-state index contributed by atoms with van der Waals surface area (Å²) in [4.78, 5) is 19.4. The molecule has 0 bridgehead atoms. The molecule has 1 aromatic heterocycles. The number of hydrogen-bond acceptors (Lipinski definition) is 4. The van der Waals surface area contributed by atoms with Crippen molar-refractivity contribution in [1.29, 1.82) is 0 Å². The van der Waals surface area contributed by atoms with E-state index in [0.29, 0.717) is 12.5 Å². The van der Waals surface area contributed by atoms with E-state index in [2.05, 4.69) is 15.2 Å². The number of para-hydroxylation sites is 2. The van der Waals surface area contributed by atoms with Crippen LogP contribution in [0.15, 0.2) is 48.5 Å². The normalized spacial score (nSPS) is 15.1. The minimum Gasteiger partial charge on any atom is -0.379 e. The highest BCUT2D eigenvalue weighted by Crippen LogP contribution is 2.21. The Hall–Kier alpha value is -2.77. The number of anilines is 1. The molecule has 1 aliphatic heterocycles. The van der Waals surface area contributed by atoms with Gasteiger partial charge >= 0.3 is 0 Å². The molecule has 3 aromatic rings. The van der Waals surface area contributed by atoms with Crippen LogP contribution < -0.4 is 5.32 Å². The molecule has 4 rings (SSSR count). The second-order valence-electron chi connectivity index (χ2n) is 6.46. The fraction of sp³-hybridized carbons (Fsp3) is 0.300. The van der Waals surface area contributed by atoms with Gasteiger partial charge in [0.2, 0.25) is 5.95 Å². The first-order valence-corrected chi connectivity index (χ1v) is 9.03. The second kappa shape index (κ2) is 7.85. The van der Waals surface area contributed by atoms with Crippen molar-refractivity contribution < 1.29 is 13.9 Å². The topological polar surface area (TPSA) is 59.4 Å². The van der Waals surface area contributed by atoms with Crippen molar-refractivity contribution in [2.45, 2.75) is 6.54 Å². The zero-order valence-corrected chi connectivity index (χ0v) is 14.9. The number of rotatable bonds is 5. The summed E-state index contributed by atoms with van der Waals surface area (Å²) in [6.45, 7) is 4.76. The Kier molecular flexibility index (Phi) is 5.13. The fourth-order valence-electron chi connectivity index (χ4n) is 3.28. The van der Waals surface area contributed by atoms with E-state index in [1.807, 2.05) is 28.8 Å². The first-order valence-electron chi connectivity index (χ1n) is 9.03. The van der Waals surface area contributed by atoms with Gasteiger partial charge in [-0.15, -0.1) is 0 Å². The summed E-state index contributed by atoms with van der Waals surface area (Å²) in [6.07, 6.45) is 0. The van der Waals surface area contributed by atoms with E-state index in [4.69, 9.17) is 4.74 Å². The summed E-state index contributed by atoms with van der Waals surface area (Å²) in [6, 6.07) is 13.7.